The van der Waals surface area contributed by atoms with Crippen molar-refractivity contribution in [3.8, 4) is 17.2 Å². The van der Waals surface area contributed by atoms with Crippen LogP contribution in [0.2, 0.25) is 0 Å². The number of piperidine rings is 1. The van der Waals surface area contributed by atoms with Crippen LogP contribution in [0.15, 0.2) is 42.5 Å². The Kier molecular flexibility index (Phi) is 5.18. The highest BCUT2D eigenvalue weighted by Crippen LogP contribution is 2.40. The molecule has 6 nitrogen and oxygen atoms in total. The molecule has 6 heteroatoms. The predicted octanol–water partition coefficient (Wildman–Crippen LogP) is 3.41. The summed E-state index contributed by atoms with van der Waals surface area (Å²) in [6.07, 6.45) is 1.57. The number of carbonyl (C=O) groups is 2. The highest BCUT2D eigenvalue weighted by molar-refractivity contribution is 6.00. The molecule has 0 radical (unpaired) electrons. The van der Waals surface area contributed by atoms with Gasteiger partial charge < -0.3 is 19.1 Å². The van der Waals surface area contributed by atoms with Crippen molar-refractivity contribution in [2.75, 3.05) is 26.8 Å². The molecule has 1 saturated heterocycles. The lowest BCUT2D eigenvalue weighted by atomic mass is 9.82. The summed E-state index contributed by atoms with van der Waals surface area (Å²) in [6.45, 7) is 3.08. The van der Waals surface area contributed by atoms with Gasteiger partial charge >= 0.3 is 0 Å². The third kappa shape index (κ3) is 4.06. The van der Waals surface area contributed by atoms with Gasteiger partial charge in [0.2, 0.25) is 0 Å². The van der Waals surface area contributed by atoms with E-state index in [4.69, 9.17) is 14.2 Å². The number of rotatable bonds is 4. The Morgan fingerprint density at radius 1 is 1.14 bits per heavy atom. The second-order valence-electron chi connectivity index (χ2n) is 7.73. The maximum Gasteiger partial charge on any atom is 0.260 e. The van der Waals surface area contributed by atoms with E-state index in [0.717, 1.165) is 5.56 Å². The van der Waals surface area contributed by atoms with Crippen molar-refractivity contribution in [3.05, 3.63) is 53.6 Å². The number of amides is 1. The number of hydrogen-bond acceptors (Lipinski definition) is 5. The van der Waals surface area contributed by atoms with Gasteiger partial charge in [0.25, 0.3) is 5.91 Å². The fourth-order valence-corrected chi connectivity index (χ4v) is 3.99. The molecule has 0 atom stereocenters. The number of likely N-dealkylation sites (tertiary alicyclic amines) is 1. The monoisotopic (exact) mass is 395 g/mol. The zero-order valence-electron chi connectivity index (χ0n) is 16.8. The molecule has 2 aromatic rings. The Morgan fingerprint density at radius 2 is 1.93 bits per heavy atom. The molecule has 0 saturated carbocycles. The Morgan fingerprint density at radius 3 is 2.66 bits per heavy atom. The highest BCUT2D eigenvalue weighted by Gasteiger charge is 2.43. The highest BCUT2D eigenvalue weighted by atomic mass is 16.5. The summed E-state index contributed by atoms with van der Waals surface area (Å²) in [5, 5.41) is 0. The molecular formula is C23H25NO5. The van der Waals surface area contributed by atoms with E-state index in [-0.39, 0.29) is 18.3 Å². The molecule has 2 heterocycles. The lowest BCUT2D eigenvalue weighted by Gasteiger charge is -2.43. The van der Waals surface area contributed by atoms with Crippen LogP contribution < -0.4 is 14.2 Å². The van der Waals surface area contributed by atoms with Crippen LogP contribution in [0.3, 0.4) is 0 Å². The first-order valence-corrected chi connectivity index (χ1v) is 9.85. The van der Waals surface area contributed by atoms with Gasteiger partial charge in [0, 0.05) is 32.0 Å². The summed E-state index contributed by atoms with van der Waals surface area (Å²) in [6, 6.07) is 12.9. The maximum absolute atomic E-state index is 12.6. The molecule has 0 bridgehead atoms. The minimum atomic E-state index is -0.551. The quantitative estimate of drug-likeness (QED) is 0.794. The zero-order chi connectivity index (χ0) is 20.4. The zero-order valence-corrected chi connectivity index (χ0v) is 16.8. The molecule has 1 spiro atoms. The van der Waals surface area contributed by atoms with Crippen molar-refractivity contribution in [1.82, 2.24) is 4.90 Å². The second kappa shape index (κ2) is 7.78. The summed E-state index contributed by atoms with van der Waals surface area (Å²) in [7, 11) is 1.59. The minimum absolute atomic E-state index is 0.0102. The molecule has 1 fully saturated rings. The summed E-state index contributed by atoms with van der Waals surface area (Å²) in [5.74, 6) is 1.96. The van der Waals surface area contributed by atoms with Crippen molar-refractivity contribution in [2.24, 2.45) is 0 Å². The van der Waals surface area contributed by atoms with Crippen molar-refractivity contribution in [1.29, 1.82) is 0 Å². The van der Waals surface area contributed by atoms with E-state index in [1.54, 1.807) is 30.2 Å². The largest absolute Gasteiger partial charge is 0.497 e. The third-order valence-electron chi connectivity index (χ3n) is 5.68. The van der Waals surface area contributed by atoms with Crippen LogP contribution in [0.5, 0.6) is 17.2 Å². The number of ether oxygens (including phenoxy) is 3. The van der Waals surface area contributed by atoms with Gasteiger partial charge in [0.1, 0.15) is 22.8 Å². The number of nitrogens with zero attached hydrogens (tertiary/aromatic N) is 1. The van der Waals surface area contributed by atoms with E-state index in [9.17, 15) is 9.59 Å². The first-order valence-electron chi connectivity index (χ1n) is 9.85. The lowest BCUT2D eigenvalue weighted by molar-refractivity contribution is -0.136. The van der Waals surface area contributed by atoms with Crippen molar-refractivity contribution >= 4 is 11.7 Å². The van der Waals surface area contributed by atoms with Crippen molar-refractivity contribution in [3.63, 3.8) is 0 Å². The van der Waals surface area contributed by atoms with E-state index in [1.165, 1.54) is 0 Å². The number of methoxy groups -OCH3 is 1. The van der Waals surface area contributed by atoms with Gasteiger partial charge in [-0.15, -0.1) is 0 Å². The van der Waals surface area contributed by atoms with Crippen LogP contribution in [0.1, 0.15) is 35.2 Å². The lowest BCUT2D eigenvalue weighted by Crippen LogP contribution is -2.53. The maximum atomic E-state index is 12.6. The summed E-state index contributed by atoms with van der Waals surface area (Å²) in [4.78, 5) is 27.0. The Labute approximate surface area is 170 Å². The third-order valence-corrected chi connectivity index (χ3v) is 5.68. The van der Waals surface area contributed by atoms with Crippen LogP contribution in [-0.2, 0) is 4.79 Å². The van der Waals surface area contributed by atoms with Crippen LogP contribution in [0, 0.1) is 6.92 Å². The van der Waals surface area contributed by atoms with Gasteiger partial charge in [-0.05, 0) is 36.8 Å². The van der Waals surface area contributed by atoms with E-state index >= 15 is 0 Å². The molecule has 2 aliphatic rings. The van der Waals surface area contributed by atoms with Gasteiger partial charge in [-0.25, -0.2) is 0 Å². The second-order valence-corrected chi connectivity index (χ2v) is 7.73. The summed E-state index contributed by atoms with van der Waals surface area (Å²) < 4.78 is 17.2. The topological polar surface area (TPSA) is 65.1 Å². The molecule has 29 heavy (non-hydrogen) atoms. The average Bonchev–Trinajstić information content (AvgIpc) is 2.72. The molecular weight excluding hydrogens is 370 g/mol. The number of fused-ring (bicyclic) bond motifs is 1. The van der Waals surface area contributed by atoms with Gasteiger partial charge in [-0.2, -0.15) is 0 Å². The van der Waals surface area contributed by atoms with Crippen LogP contribution >= 0.6 is 0 Å². The number of ketones is 1. The van der Waals surface area contributed by atoms with Crippen molar-refractivity contribution in [2.45, 2.75) is 31.8 Å². The fraction of sp³-hybridized carbons (Fsp3) is 0.391. The normalized spacial score (nSPS) is 17.4. The number of Topliss-reactive ketones (excluding diaryl/α,β-unsaturated/α-hetero) is 1. The Balaban J connectivity index is 1.37. The molecule has 2 aromatic carbocycles. The summed E-state index contributed by atoms with van der Waals surface area (Å²) >= 11 is 0. The minimum Gasteiger partial charge on any atom is -0.497 e. The van der Waals surface area contributed by atoms with Gasteiger partial charge in [-0.3, -0.25) is 9.59 Å². The molecule has 1 amide bonds. The van der Waals surface area contributed by atoms with Crippen LogP contribution in [-0.4, -0.2) is 49.0 Å². The van der Waals surface area contributed by atoms with E-state index in [2.05, 4.69) is 0 Å². The Hall–Kier alpha value is -3.02. The molecule has 0 aliphatic carbocycles. The van der Waals surface area contributed by atoms with Crippen molar-refractivity contribution < 1.29 is 23.8 Å². The standard InChI is InChI=1S/C23H25NO5/c1-16-4-3-5-18(12-16)28-15-22(26)24-10-8-23(9-11-24)14-20(25)19-7-6-17(27-2)13-21(19)29-23/h3-7,12-13H,8-11,14-15H2,1-2H3. The Bertz CT molecular complexity index is 931. The van der Waals surface area contributed by atoms with Gasteiger partial charge in [0.05, 0.1) is 19.1 Å². The fourth-order valence-electron chi connectivity index (χ4n) is 3.99. The van der Waals surface area contributed by atoms with Crippen LogP contribution in [0.4, 0.5) is 0 Å². The summed E-state index contributed by atoms with van der Waals surface area (Å²) in [5.41, 5.74) is 1.14. The van der Waals surface area contributed by atoms with E-state index in [0.29, 0.717) is 55.2 Å². The first kappa shape index (κ1) is 19.3. The van der Waals surface area contributed by atoms with Crippen LogP contribution in [0.25, 0.3) is 0 Å². The molecule has 152 valence electrons. The number of benzene rings is 2. The average molecular weight is 395 g/mol. The number of carbonyl (C=O) groups excluding carboxylic acids is 2. The van der Waals surface area contributed by atoms with Gasteiger partial charge in [-0.1, -0.05) is 12.1 Å². The SMILES string of the molecule is COc1ccc2c(c1)OC1(CCN(C(=O)COc3cccc(C)c3)CC1)CC2=O. The van der Waals surface area contributed by atoms with Gasteiger partial charge in [0.15, 0.2) is 12.4 Å². The molecule has 4 rings (SSSR count). The predicted molar refractivity (Wildman–Crippen MR) is 108 cm³/mol. The van der Waals surface area contributed by atoms with E-state index < -0.39 is 5.60 Å². The first-order chi connectivity index (χ1) is 14.0. The molecule has 0 unspecified atom stereocenters. The molecule has 0 aromatic heterocycles. The van der Waals surface area contributed by atoms with E-state index in [1.807, 2.05) is 31.2 Å². The number of hydrogen-bond donors (Lipinski definition) is 0. The molecule has 2 aliphatic heterocycles. The molecule has 0 N–H and O–H groups in total. The smallest absolute Gasteiger partial charge is 0.260 e. The number of aryl methyl sites for hydroxylation is 1.